The number of halogens is 3. The number of rotatable bonds is 5. The van der Waals surface area contributed by atoms with E-state index in [1.54, 1.807) is 18.2 Å². The lowest BCUT2D eigenvalue weighted by molar-refractivity contribution is 0.301. The van der Waals surface area contributed by atoms with E-state index in [9.17, 15) is 13.2 Å². The summed E-state index contributed by atoms with van der Waals surface area (Å²) in [5, 5.41) is 0. The summed E-state index contributed by atoms with van der Waals surface area (Å²) >= 11 is 0. The molecule has 0 N–H and O–H groups in total. The van der Waals surface area contributed by atoms with E-state index in [2.05, 4.69) is 0 Å². The number of aryl methyl sites for hydroxylation is 2. The van der Waals surface area contributed by atoms with E-state index in [0.29, 0.717) is 23.8 Å². The van der Waals surface area contributed by atoms with E-state index in [-0.39, 0.29) is 5.82 Å². The monoisotopic (exact) mass is 346 g/mol. The molecule has 0 heterocycles. The van der Waals surface area contributed by atoms with Gasteiger partial charge in [-0.1, -0.05) is 30.7 Å². The van der Waals surface area contributed by atoms with Crippen molar-refractivity contribution in [3.8, 4) is 0 Å². The number of hydrogen-bond acceptors (Lipinski definition) is 0. The number of benzene rings is 2. The van der Waals surface area contributed by atoms with E-state index >= 15 is 0 Å². The Balaban J connectivity index is 1.47. The lowest BCUT2D eigenvalue weighted by Crippen LogP contribution is -2.14. The minimum absolute atomic E-state index is 0.0787. The van der Waals surface area contributed by atoms with Crippen LogP contribution in [0, 0.1) is 30.3 Å². The maximum absolute atomic E-state index is 14.1. The predicted octanol–water partition coefficient (Wildman–Crippen LogP) is 6.71. The molecule has 134 valence electrons. The second kappa shape index (κ2) is 8.07. The highest BCUT2D eigenvalue weighted by atomic mass is 19.2. The molecule has 3 heteroatoms. The van der Waals surface area contributed by atoms with Crippen LogP contribution in [0.1, 0.15) is 61.1 Å². The van der Waals surface area contributed by atoms with Crippen molar-refractivity contribution in [1.29, 1.82) is 0 Å². The maximum atomic E-state index is 14.1. The summed E-state index contributed by atoms with van der Waals surface area (Å²) in [4.78, 5) is 0. The van der Waals surface area contributed by atoms with Gasteiger partial charge in [-0.05, 0) is 86.1 Å². The molecule has 0 unspecified atom stereocenters. The molecule has 2 aromatic carbocycles. The molecule has 1 saturated carbocycles. The third kappa shape index (κ3) is 4.45. The van der Waals surface area contributed by atoms with Gasteiger partial charge in [0.2, 0.25) is 0 Å². The summed E-state index contributed by atoms with van der Waals surface area (Å²) in [6.45, 7) is 1.91. The largest absolute Gasteiger partial charge is 0.207 e. The first-order valence-electron chi connectivity index (χ1n) is 9.23. The van der Waals surface area contributed by atoms with Crippen LogP contribution in [0.2, 0.25) is 0 Å². The van der Waals surface area contributed by atoms with Crippen LogP contribution in [-0.2, 0) is 6.42 Å². The quantitative estimate of drug-likeness (QED) is 0.564. The van der Waals surface area contributed by atoms with Gasteiger partial charge in [-0.3, -0.25) is 0 Å². The van der Waals surface area contributed by atoms with Crippen molar-refractivity contribution in [2.24, 2.45) is 5.92 Å². The fourth-order valence-electron chi connectivity index (χ4n) is 4.05. The molecule has 0 spiro atoms. The van der Waals surface area contributed by atoms with Gasteiger partial charge in [0.25, 0.3) is 0 Å². The second-order valence-electron chi connectivity index (χ2n) is 7.35. The maximum Gasteiger partial charge on any atom is 0.162 e. The van der Waals surface area contributed by atoms with Crippen molar-refractivity contribution >= 4 is 0 Å². The van der Waals surface area contributed by atoms with E-state index in [1.165, 1.54) is 0 Å². The van der Waals surface area contributed by atoms with Crippen LogP contribution in [0.5, 0.6) is 0 Å². The molecular formula is C22H25F3. The molecule has 1 fully saturated rings. The van der Waals surface area contributed by atoms with Gasteiger partial charge >= 0.3 is 0 Å². The third-order valence-electron chi connectivity index (χ3n) is 5.53. The zero-order chi connectivity index (χ0) is 17.8. The molecule has 1 aliphatic carbocycles. The molecule has 0 radical (unpaired) electrons. The molecule has 0 aromatic heterocycles. The Morgan fingerprint density at radius 2 is 1.68 bits per heavy atom. The Morgan fingerprint density at radius 1 is 0.920 bits per heavy atom. The van der Waals surface area contributed by atoms with Crippen LogP contribution in [0.25, 0.3) is 0 Å². The fraction of sp³-hybridized carbons (Fsp3) is 0.455. The van der Waals surface area contributed by atoms with Gasteiger partial charge < -0.3 is 0 Å². The normalized spacial score (nSPS) is 20.6. The Kier molecular flexibility index (Phi) is 5.82. The van der Waals surface area contributed by atoms with Gasteiger partial charge in [-0.15, -0.1) is 0 Å². The van der Waals surface area contributed by atoms with Crippen molar-refractivity contribution < 1.29 is 13.2 Å². The summed E-state index contributed by atoms with van der Waals surface area (Å²) in [5.41, 5.74) is 2.28. The average molecular weight is 346 g/mol. The van der Waals surface area contributed by atoms with Crippen molar-refractivity contribution in [3.63, 3.8) is 0 Å². The molecule has 1 aliphatic rings. The fourth-order valence-corrected chi connectivity index (χ4v) is 4.05. The summed E-state index contributed by atoms with van der Waals surface area (Å²) in [7, 11) is 0. The van der Waals surface area contributed by atoms with Gasteiger partial charge in [-0.2, -0.15) is 0 Å². The first kappa shape index (κ1) is 18.0. The molecule has 0 saturated heterocycles. The molecule has 0 atom stereocenters. The van der Waals surface area contributed by atoms with Gasteiger partial charge in [0, 0.05) is 0 Å². The van der Waals surface area contributed by atoms with Gasteiger partial charge in [0.1, 0.15) is 5.82 Å². The summed E-state index contributed by atoms with van der Waals surface area (Å²) in [6, 6.07) is 9.92. The molecule has 3 rings (SSSR count). The number of hydrogen-bond donors (Lipinski definition) is 0. The summed E-state index contributed by atoms with van der Waals surface area (Å²) < 4.78 is 41.0. The van der Waals surface area contributed by atoms with Crippen molar-refractivity contribution in [2.45, 2.75) is 57.8 Å². The highest BCUT2D eigenvalue weighted by Crippen LogP contribution is 2.38. The topological polar surface area (TPSA) is 0 Å². The summed E-state index contributed by atoms with van der Waals surface area (Å²) in [6.07, 6.45) is 6.68. The Labute approximate surface area is 148 Å². The van der Waals surface area contributed by atoms with Crippen molar-refractivity contribution in [2.75, 3.05) is 0 Å². The zero-order valence-electron chi connectivity index (χ0n) is 14.7. The molecule has 0 amide bonds. The standard InChI is InChI=1S/C22H25F3/c1-15-8-13-19(21(24)14-15)17-11-9-16(10-12-17)4-2-5-18-6-3-7-20(23)22(18)25/h3,6-8,13-14,16-17H,2,4-5,9-12H2,1H3. The van der Waals surface area contributed by atoms with Crippen LogP contribution >= 0.6 is 0 Å². The lowest BCUT2D eigenvalue weighted by atomic mass is 9.76. The van der Waals surface area contributed by atoms with E-state index in [0.717, 1.165) is 55.7 Å². The molecule has 0 aliphatic heterocycles. The third-order valence-corrected chi connectivity index (χ3v) is 5.53. The Bertz CT molecular complexity index is 715. The highest BCUT2D eigenvalue weighted by molar-refractivity contribution is 5.27. The van der Waals surface area contributed by atoms with Crippen LogP contribution in [-0.4, -0.2) is 0 Å². The van der Waals surface area contributed by atoms with E-state index < -0.39 is 11.6 Å². The van der Waals surface area contributed by atoms with E-state index in [1.807, 2.05) is 19.1 Å². The zero-order valence-corrected chi connectivity index (χ0v) is 14.7. The highest BCUT2D eigenvalue weighted by Gasteiger charge is 2.24. The Hall–Kier alpha value is -1.77. The van der Waals surface area contributed by atoms with Crippen molar-refractivity contribution in [1.82, 2.24) is 0 Å². The van der Waals surface area contributed by atoms with Gasteiger partial charge in [-0.25, -0.2) is 13.2 Å². The average Bonchev–Trinajstić information content (AvgIpc) is 2.59. The first-order chi connectivity index (χ1) is 12.0. The molecule has 2 aromatic rings. The summed E-state index contributed by atoms with van der Waals surface area (Å²) in [5.74, 6) is -0.622. The van der Waals surface area contributed by atoms with Crippen LogP contribution in [0.15, 0.2) is 36.4 Å². The molecule has 0 nitrogen and oxygen atoms in total. The van der Waals surface area contributed by atoms with Crippen LogP contribution in [0.4, 0.5) is 13.2 Å². The van der Waals surface area contributed by atoms with Gasteiger partial charge in [0.05, 0.1) is 0 Å². The predicted molar refractivity (Wildman–Crippen MR) is 95.1 cm³/mol. The molecule has 25 heavy (non-hydrogen) atoms. The van der Waals surface area contributed by atoms with Crippen LogP contribution < -0.4 is 0 Å². The molecule has 0 bridgehead atoms. The smallest absolute Gasteiger partial charge is 0.162 e. The van der Waals surface area contributed by atoms with Gasteiger partial charge in [0.15, 0.2) is 11.6 Å². The minimum Gasteiger partial charge on any atom is -0.207 e. The SMILES string of the molecule is Cc1ccc(C2CCC(CCCc3cccc(F)c3F)CC2)c(F)c1. The second-order valence-corrected chi connectivity index (χ2v) is 7.35. The molecular weight excluding hydrogens is 321 g/mol. The van der Waals surface area contributed by atoms with E-state index in [4.69, 9.17) is 0 Å². The van der Waals surface area contributed by atoms with Crippen molar-refractivity contribution in [3.05, 3.63) is 70.5 Å². The van der Waals surface area contributed by atoms with Crippen LogP contribution in [0.3, 0.4) is 0 Å². The Morgan fingerprint density at radius 3 is 2.40 bits per heavy atom. The first-order valence-corrected chi connectivity index (χ1v) is 9.23. The lowest BCUT2D eigenvalue weighted by Gasteiger charge is -2.29. The minimum atomic E-state index is -0.766.